The van der Waals surface area contributed by atoms with Crippen LogP contribution < -0.4 is 9.99 Å². The van der Waals surface area contributed by atoms with E-state index >= 15 is 0 Å². The number of carboxylic acid groups (broad SMARTS) is 1. The van der Waals surface area contributed by atoms with Crippen LogP contribution in [0, 0.1) is 6.92 Å². The van der Waals surface area contributed by atoms with Crippen molar-refractivity contribution in [2.45, 2.75) is 12.1 Å². The number of aromatic amines is 1. The number of carbonyl (C=O) groups is 2. The maximum Gasteiger partial charge on any atom is 0.342 e. The molecule has 176 valence electrons. The zero-order chi connectivity index (χ0) is 24.8. The Labute approximate surface area is 210 Å². The van der Waals surface area contributed by atoms with Gasteiger partial charge in [-0.15, -0.1) is 5.10 Å². The largest absolute Gasteiger partial charge is 0.478 e. The molecule has 0 radical (unpaired) electrons. The first-order valence-corrected chi connectivity index (χ1v) is 11.9. The van der Waals surface area contributed by atoms with E-state index in [0.717, 1.165) is 22.6 Å². The number of hydrogen-bond acceptors (Lipinski definition) is 5. The van der Waals surface area contributed by atoms with Crippen molar-refractivity contribution < 1.29 is 19.3 Å². The Hall–Kier alpha value is -3.95. The molecular formula is C25H21ClN5O3S+. The van der Waals surface area contributed by atoms with E-state index in [9.17, 15) is 9.59 Å². The van der Waals surface area contributed by atoms with Gasteiger partial charge in [0.2, 0.25) is 0 Å². The number of aryl methyl sites for hydroxylation is 1. The number of aromatic carboxylic acids is 1. The molecule has 0 aliphatic carbocycles. The number of hydrogen-bond donors (Lipinski definition) is 3. The number of halogens is 1. The predicted octanol–water partition coefficient (Wildman–Crippen LogP) is 4.26. The van der Waals surface area contributed by atoms with E-state index in [1.807, 2.05) is 47.9 Å². The molecule has 0 spiro atoms. The van der Waals surface area contributed by atoms with Gasteiger partial charge in [0.1, 0.15) is 5.69 Å². The molecule has 10 heteroatoms. The predicted molar refractivity (Wildman–Crippen MR) is 135 cm³/mol. The molecule has 0 bridgehead atoms. The van der Waals surface area contributed by atoms with E-state index in [0.29, 0.717) is 15.7 Å². The molecule has 8 nitrogen and oxygen atoms in total. The summed E-state index contributed by atoms with van der Waals surface area (Å²) in [7, 11) is 0. The average molecular weight is 507 g/mol. The molecule has 0 atom stereocenters. The highest BCUT2D eigenvalue weighted by atomic mass is 35.5. The lowest BCUT2D eigenvalue weighted by Gasteiger charge is -2.05. The average Bonchev–Trinajstić information content (AvgIpc) is 3.28. The molecule has 4 aromatic rings. The van der Waals surface area contributed by atoms with Crippen LogP contribution in [0.3, 0.4) is 0 Å². The highest BCUT2D eigenvalue weighted by Crippen LogP contribution is 2.21. The van der Waals surface area contributed by atoms with Crippen molar-refractivity contribution in [1.82, 2.24) is 15.6 Å². The summed E-state index contributed by atoms with van der Waals surface area (Å²) in [6, 6.07) is 21.6. The fourth-order valence-electron chi connectivity index (χ4n) is 3.18. The van der Waals surface area contributed by atoms with E-state index in [4.69, 9.17) is 16.7 Å². The maximum absolute atomic E-state index is 12.4. The summed E-state index contributed by atoms with van der Waals surface area (Å²) in [5, 5.41) is 21.6. The molecule has 0 aliphatic heterocycles. The first-order chi connectivity index (χ1) is 16.9. The van der Waals surface area contributed by atoms with E-state index in [1.165, 1.54) is 30.1 Å². The summed E-state index contributed by atoms with van der Waals surface area (Å²) >= 11 is 7.33. The number of amides is 1. The zero-order valence-corrected chi connectivity index (χ0v) is 20.2. The smallest absolute Gasteiger partial charge is 0.342 e. The second-order valence-corrected chi connectivity index (χ2v) is 8.92. The van der Waals surface area contributed by atoms with Crippen LogP contribution in [0.2, 0.25) is 5.02 Å². The van der Waals surface area contributed by atoms with Gasteiger partial charge >= 0.3 is 11.1 Å². The van der Waals surface area contributed by atoms with Gasteiger partial charge in [-0.25, -0.2) is 10.2 Å². The molecule has 0 aliphatic rings. The quantitative estimate of drug-likeness (QED) is 0.143. The van der Waals surface area contributed by atoms with E-state index in [2.05, 4.69) is 20.7 Å². The molecule has 0 unspecified atom stereocenters. The van der Waals surface area contributed by atoms with Gasteiger partial charge < -0.3 is 5.11 Å². The van der Waals surface area contributed by atoms with Crippen molar-refractivity contribution in [1.29, 1.82) is 0 Å². The van der Waals surface area contributed by atoms with Crippen molar-refractivity contribution in [3.63, 3.8) is 0 Å². The van der Waals surface area contributed by atoms with Crippen LogP contribution in [0.15, 0.2) is 83.1 Å². The number of rotatable bonds is 8. The molecule has 4 rings (SSSR count). The van der Waals surface area contributed by atoms with E-state index < -0.39 is 5.97 Å². The lowest BCUT2D eigenvalue weighted by molar-refractivity contribution is -0.625. The Balaban J connectivity index is 1.47. The van der Waals surface area contributed by atoms with E-state index in [1.54, 1.807) is 24.3 Å². The first kappa shape index (κ1) is 24.2. The minimum Gasteiger partial charge on any atom is -0.478 e. The summed E-state index contributed by atoms with van der Waals surface area (Å²) < 4.78 is 1.94. The molecule has 3 N–H and O–H groups in total. The minimum absolute atomic E-state index is 0.0844. The number of thioether (sulfide) groups is 1. The second kappa shape index (κ2) is 11.0. The number of carboxylic acids is 1. The monoisotopic (exact) mass is 506 g/mol. The first-order valence-electron chi connectivity index (χ1n) is 10.5. The number of carbonyl (C=O) groups excluding carboxylic acids is 1. The summed E-state index contributed by atoms with van der Waals surface area (Å²) in [5.74, 6) is -0.450. The number of H-pyrrole nitrogens is 1. The molecule has 1 amide bonds. The van der Waals surface area contributed by atoms with Crippen molar-refractivity contribution in [2.24, 2.45) is 5.10 Å². The van der Waals surface area contributed by atoms with E-state index in [-0.39, 0.29) is 17.2 Å². The summed E-state index contributed by atoms with van der Waals surface area (Å²) in [5.41, 5.74) is 6.28. The molecule has 1 heterocycles. The SMILES string of the molecule is Cc1ccc(-c2[nH]nc(SCC(=O)NN=Cc3ccc(C(=O)O)cc3)[n+]2-c2ccc(Cl)cc2)cc1. The minimum atomic E-state index is -1.00. The molecule has 0 fully saturated rings. The van der Waals surface area contributed by atoms with Gasteiger partial charge in [0.05, 0.1) is 28.2 Å². The maximum atomic E-state index is 12.4. The van der Waals surface area contributed by atoms with Gasteiger partial charge in [-0.1, -0.05) is 41.4 Å². The summed E-state index contributed by atoms with van der Waals surface area (Å²) in [6.45, 7) is 2.03. The third-order valence-electron chi connectivity index (χ3n) is 4.98. The lowest BCUT2D eigenvalue weighted by Crippen LogP contribution is -2.34. The Morgan fingerprint density at radius 3 is 2.43 bits per heavy atom. The Morgan fingerprint density at radius 2 is 1.77 bits per heavy atom. The number of nitrogens with one attached hydrogen (secondary N) is 2. The molecule has 0 saturated carbocycles. The molecule has 3 aromatic carbocycles. The highest BCUT2D eigenvalue weighted by molar-refractivity contribution is 7.99. The Morgan fingerprint density at radius 1 is 1.09 bits per heavy atom. The van der Waals surface area contributed by atoms with Crippen LogP contribution in [0.4, 0.5) is 0 Å². The number of aromatic nitrogens is 3. The molecule has 1 aromatic heterocycles. The summed E-state index contributed by atoms with van der Waals surface area (Å²) in [4.78, 5) is 23.3. The molecule has 0 saturated heterocycles. The van der Waals surface area contributed by atoms with Gasteiger partial charge in [-0.3, -0.25) is 4.79 Å². The van der Waals surface area contributed by atoms with Crippen LogP contribution >= 0.6 is 23.4 Å². The molecular weight excluding hydrogens is 486 g/mol. The lowest BCUT2D eigenvalue weighted by atomic mass is 10.1. The normalized spacial score (nSPS) is 11.0. The van der Waals surface area contributed by atoms with Crippen LogP contribution in [-0.2, 0) is 4.79 Å². The van der Waals surface area contributed by atoms with Crippen molar-refractivity contribution in [3.05, 3.63) is 94.5 Å². The van der Waals surface area contributed by atoms with Gasteiger partial charge in [-0.2, -0.15) is 9.67 Å². The van der Waals surface area contributed by atoms with Gasteiger partial charge in [0.15, 0.2) is 0 Å². The van der Waals surface area contributed by atoms with Crippen LogP contribution in [-0.4, -0.2) is 39.1 Å². The Kier molecular flexibility index (Phi) is 7.59. The number of benzene rings is 3. The molecule has 35 heavy (non-hydrogen) atoms. The van der Waals surface area contributed by atoms with Gasteiger partial charge in [0, 0.05) is 5.02 Å². The number of nitrogens with zero attached hydrogens (tertiary/aromatic N) is 3. The topological polar surface area (TPSA) is 111 Å². The third kappa shape index (κ3) is 6.14. The second-order valence-electron chi connectivity index (χ2n) is 7.54. The third-order valence-corrected chi connectivity index (χ3v) is 6.17. The highest BCUT2D eigenvalue weighted by Gasteiger charge is 2.24. The van der Waals surface area contributed by atoms with Crippen LogP contribution in [0.25, 0.3) is 17.1 Å². The van der Waals surface area contributed by atoms with Gasteiger partial charge in [-0.05, 0) is 72.8 Å². The van der Waals surface area contributed by atoms with Gasteiger partial charge in [0.25, 0.3) is 11.7 Å². The van der Waals surface area contributed by atoms with Crippen LogP contribution in [0.1, 0.15) is 21.5 Å². The van der Waals surface area contributed by atoms with Crippen molar-refractivity contribution >= 4 is 41.5 Å². The van der Waals surface area contributed by atoms with Crippen molar-refractivity contribution in [3.8, 4) is 17.1 Å². The fraction of sp³-hybridized carbons (Fsp3) is 0.0800. The zero-order valence-electron chi connectivity index (χ0n) is 18.6. The van der Waals surface area contributed by atoms with Crippen LogP contribution in [0.5, 0.6) is 0 Å². The number of hydrazone groups is 1. The standard InChI is InChI=1S/C25H20ClN5O3S/c1-16-2-6-18(7-3-16)23-29-30-25(31(23)21-12-10-20(26)11-13-21)35-15-22(32)28-27-14-17-4-8-19(9-5-17)24(33)34/h2-14H,15H2,1H3,(H2,28,32,33,34)/p+1. The fourth-order valence-corrected chi connectivity index (χ4v) is 4.07. The van der Waals surface area contributed by atoms with Crippen molar-refractivity contribution in [2.75, 3.05) is 5.75 Å². The summed E-state index contributed by atoms with van der Waals surface area (Å²) in [6.07, 6.45) is 1.45. The Bertz CT molecular complexity index is 1370.